The van der Waals surface area contributed by atoms with E-state index in [-0.39, 0.29) is 11.7 Å². The maximum absolute atomic E-state index is 10.9. The summed E-state index contributed by atoms with van der Waals surface area (Å²) in [5, 5.41) is 22.7. The molecule has 7 heteroatoms. The standard InChI is InChI=1S/C14H17N3O4/c1-21-14(18)5-3-2-4-8-16-12-9-11(10-15)6-7-13(12)17(19)20/h6-7,9,16H,2-5,8H2,1H3. The van der Waals surface area contributed by atoms with Crippen molar-refractivity contribution >= 4 is 17.3 Å². The molecule has 1 aromatic carbocycles. The molecular weight excluding hydrogens is 274 g/mol. The zero-order valence-electron chi connectivity index (χ0n) is 11.8. The van der Waals surface area contributed by atoms with Crippen LogP contribution < -0.4 is 5.32 Å². The zero-order chi connectivity index (χ0) is 15.7. The van der Waals surface area contributed by atoms with E-state index in [0.29, 0.717) is 30.6 Å². The number of nitriles is 1. The lowest BCUT2D eigenvalue weighted by Crippen LogP contribution is -2.05. The number of hydrogen-bond acceptors (Lipinski definition) is 6. The minimum Gasteiger partial charge on any atom is -0.469 e. The lowest BCUT2D eigenvalue weighted by molar-refractivity contribution is -0.384. The van der Waals surface area contributed by atoms with Gasteiger partial charge in [-0.2, -0.15) is 5.26 Å². The fourth-order valence-corrected chi connectivity index (χ4v) is 1.80. The first-order valence-corrected chi connectivity index (χ1v) is 6.57. The Labute approximate surface area is 122 Å². The maximum Gasteiger partial charge on any atom is 0.305 e. The normalized spacial score (nSPS) is 9.71. The van der Waals surface area contributed by atoms with Crippen molar-refractivity contribution in [1.82, 2.24) is 0 Å². The van der Waals surface area contributed by atoms with Gasteiger partial charge in [0.25, 0.3) is 5.69 Å². The molecule has 112 valence electrons. The highest BCUT2D eigenvalue weighted by atomic mass is 16.6. The highest BCUT2D eigenvalue weighted by Crippen LogP contribution is 2.25. The number of benzene rings is 1. The van der Waals surface area contributed by atoms with Gasteiger partial charge in [-0.25, -0.2) is 0 Å². The van der Waals surface area contributed by atoms with E-state index in [1.165, 1.54) is 25.3 Å². The summed E-state index contributed by atoms with van der Waals surface area (Å²) in [6.45, 7) is 0.539. The van der Waals surface area contributed by atoms with Crippen molar-refractivity contribution in [3.63, 3.8) is 0 Å². The third-order valence-corrected chi connectivity index (χ3v) is 2.92. The first-order chi connectivity index (χ1) is 10.1. The SMILES string of the molecule is COC(=O)CCCCCNc1cc(C#N)ccc1[N+](=O)[O-]. The molecule has 0 aliphatic rings. The average molecular weight is 291 g/mol. The highest BCUT2D eigenvalue weighted by molar-refractivity contribution is 5.69. The summed E-state index contributed by atoms with van der Waals surface area (Å²) in [5.74, 6) is -0.236. The smallest absolute Gasteiger partial charge is 0.305 e. The van der Waals surface area contributed by atoms with Crippen molar-refractivity contribution in [2.24, 2.45) is 0 Å². The lowest BCUT2D eigenvalue weighted by atomic mass is 10.1. The van der Waals surface area contributed by atoms with Crippen LogP contribution >= 0.6 is 0 Å². The number of ether oxygens (including phenoxy) is 1. The zero-order valence-corrected chi connectivity index (χ0v) is 11.8. The Morgan fingerprint density at radius 3 is 2.81 bits per heavy atom. The third-order valence-electron chi connectivity index (χ3n) is 2.92. The van der Waals surface area contributed by atoms with Gasteiger partial charge >= 0.3 is 5.97 Å². The van der Waals surface area contributed by atoms with Crippen LogP contribution in [0.15, 0.2) is 18.2 Å². The third kappa shape index (κ3) is 5.48. The Morgan fingerprint density at radius 1 is 1.43 bits per heavy atom. The van der Waals surface area contributed by atoms with Gasteiger partial charge in [0.2, 0.25) is 0 Å². The van der Waals surface area contributed by atoms with Crippen LogP contribution in [0, 0.1) is 21.4 Å². The summed E-state index contributed by atoms with van der Waals surface area (Å²) < 4.78 is 4.53. The second-order valence-corrected chi connectivity index (χ2v) is 4.41. The Morgan fingerprint density at radius 2 is 2.19 bits per heavy atom. The number of carbonyl (C=O) groups excluding carboxylic acids is 1. The number of carbonyl (C=O) groups is 1. The summed E-state index contributed by atoms with van der Waals surface area (Å²) in [4.78, 5) is 21.3. The average Bonchev–Trinajstić information content (AvgIpc) is 2.49. The summed E-state index contributed by atoms with van der Waals surface area (Å²) in [7, 11) is 1.35. The molecule has 1 rings (SSSR count). The van der Waals surface area contributed by atoms with E-state index >= 15 is 0 Å². The first kappa shape index (κ1) is 16.4. The molecule has 21 heavy (non-hydrogen) atoms. The van der Waals surface area contributed by atoms with Crippen LogP contribution in [0.3, 0.4) is 0 Å². The molecule has 0 aromatic heterocycles. The van der Waals surface area contributed by atoms with Crippen LogP contribution in [0.2, 0.25) is 0 Å². The molecule has 0 bridgehead atoms. The molecule has 0 fully saturated rings. The van der Waals surface area contributed by atoms with Gasteiger partial charge in [-0.3, -0.25) is 14.9 Å². The van der Waals surface area contributed by atoms with E-state index in [0.717, 1.165) is 12.8 Å². The summed E-state index contributed by atoms with van der Waals surface area (Å²) >= 11 is 0. The van der Waals surface area contributed by atoms with Crippen LogP contribution in [0.4, 0.5) is 11.4 Å². The van der Waals surface area contributed by atoms with Crippen molar-refractivity contribution < 1.29 is 14.5 Å². The van der Waals surface area contributed by atoms with Gasteiger partial charge in [-0.05, 0) is 25.0 Å². The van der Waals surface area contributed by atoms with Crippen molar-refractivity contribution in [2.75, 3.05) is 19.0 Å². The predicted molar refractivity (Wildman–Crippen MR) is 76.8 cm³/mol. The van der Waals surface area contributed by atoms with E-state index in [2.05, 4.69) is 10.1 Å². The van der Waals surface area contributed by atoms with E-state index < -0.39 is 4.92 Å². The highest BCUT2D eigenvalue weighted by Gasteiger charge is 2.13. The number of nitro groups is 1. The van der Waals surface area contributed by atoms with E-state index in [1.807, 2.05) is 6.07 Å². The van der Waals surface area contributed by atoms with Crippen molar-refractivity contribution in [2.45, 2.75) is 25.7 Å². The van der Waals surface area contributed by atoms with Gasteiger partial charge in [0.05, 0.1) is 23.7 Å². The number of anilines is 1. The fourth-order valence-electron chi connectivity index (χ4n) is 1.80. The molecule has 0 aliphatic carbocycles. The van der Waals surface area contributed by atoms with Gasteiger partial charge in [-0.15, -0.1) is 0 Å². The van der Waals surface area contributed by atoms with E-state index in [9.17, 15) is 14.9 Å². The quantitative estimate of drug-likeness (QED) is 0.341. The van der Waals surface area contributed by atoms with Gasteiger partial charge < -0.3 is 10.1 Å². The van der Waals surface area contributed by atoms with E-state index in [1.54, 1.807) is 0 Å². The fraction of sp³-hybridized carbons (Fsp3) is 0.429. The molecule has 1 N–H and O–H groups in total. The number of esters is 1. The number of nitro benzene ring substituents is 1. The van der Waals surface area contributed by atoms with Crippen LogP contribution in [0.5, 0.6) is 0 Å². The topological polar surface area (TPSA) is 105 Å². The molecule has 0 atom stereocenters. The Bertz CT molecular complexity index is 552. The van der Waals surface area contributed by atoms with Gasteiger partial charge in [0.15, 0.2) is 0 Å². The van der Waals surface area contributed by atoms with Crippen LogP contribution in [-0.4, -0.2) is 24.5 Å². The molecule has 0 radical (unpaired) electrons. The predicted octanol–water partition coefficient (Wildman–Crippen LogP) is 2.61. The summed E-state index contributed by atoms with van der Waals surface area (Å²) in [6, 6.07) is 6.15. The second kappa shape index (κ2) is 8.53. The lowest BCUT2D eigenvalue weighted by Gasteiger charge is -2.07. The van der Waals surface area contributed by atoms with Crippen molar-refractivity contribution in [3.8, 4) is 6.07 Å². The van der Waals surface area contributed by atoms with Crippen LogP contribution in [0.1, 0.15) is 31.2 Å². The number of unbranched alkanes of at least 4 members (excludes halogenated alkanes) is 2. The Balaban J connectivity index is 2.46. The molecule has 0 saturated heterocycles. The molecule has 0 spiro atoms. The largest absolute Gasteiger partial charge is 0.469 e. The Hall–Kier alpha value is -2.62. The molecule has 0 unspecified atom stereocenters. The van der Waals surface area contributed by atoms with Crippen LogP contribution in [0.25, 0.3) is 0 Å². The van der Waals surface area contributed by atoms with Gasteiger partial charge in [-0.1, -0.05) is 6.42 Å². The number of rotatable bonds is 8. The number of nitrogens with one attached hydrogen (secondary N) is 1. The monoisotopic (exact) mass is 291 g/mol. The van der Waals surface area contributed by atoms with Crippen LogP contribution in [-0.2, 0) is 9.53 Å². The molecule has 7 nitrogen and oxygen atoms in total. The molecular formula is C14H17N3O4. The summed E-state index contributed by atoms with van der Waals surface area (Å²) in [5.41, 5.74) is 0.657. The molecule has 0 saturated carbocycles. The molecule has 1 aromatic rings. The van der Waals surface area contributed by atoms with Crippen molar-refractivity contribution in [1.29, 1.82) is 5.26 Å². The molecule has 0 heterocycles. The van der Waals surface area contributed by atoms with Crippen molar-refractivity contribution in [3.05, 3.63) is 33.9 Å². The number of hydrogen-bond donors (Lipinski definition) is 1. The summed E-state index contributed by atoms with van der Waals surface area (Å²) in [6.07, 6.45) is 2.67. The van der Waals surface area contributed by atoms with Gasteiger partial charge in [0, 0.05) is 19.0 Å². The number of methoxy groups -OCH3 is 1. The first-order valence-electron chi connectivity index (χ1n) is 6.57. The minimum absolute atomic E-state index is 0.0523. The van der Waals surface area contributed by atoms with E-state index in [4.69, 9.17) is 5.26 Å². The Kier molecular flexibility index (Phi) is 6.68. The molecule has 0 amide bonds. The van der Waals surface area contributed by atoms with Gasteiger partial charge in [0.1, 0.15) is 5.69 Å². The maximum atomic E-state index is 10.9. The number of nitrogens with zero attached hydrogens (tertiary/aromatic N) is 2. The minimum atomic E-state index is -0.485. The molecule has 0 aliphatic heterocycles. The second-order valence-electron chi connectivity index (χ2n) is 4.41.